The monoisotopic (exact) mass is 261 g/mol. The van der Waals surface area contributed by atoms with Crippen molar-refractivity contribution >= 4 is 11.5 Å². The lowest BCUT2D eigenvalue weighted by Gasteiger charge is -2.28. The molecule has 0 radical (unpaired) electrons. The van der Waals surface area contributed by atoms with Gasteiger partial charge in [0, 0.05) is 12.1 Å². The molecule has 3 rings (SSSR count). The fraction of sp³-hybridized carbons (Fsp3) is 0.643. The molecule has 0 spiro atoms. The summed E-state index contributed by atoms with van der Waals surface area (Å²) < 4.78 is 0. The van der Waals surface area contributed by atoms with Crippen molar-refractivity contribution in [1.29, 1.82) is 0 Å². The summed E-state index contributed by atoms with van der Waals surface area (Å²) in [6.07, 6.45) is 6.81. The molecule has 0 aliphatic heterocycles. The minimum atomic E-state index is -0.420. The smallest absolute Gasteiger partial charge is 0.287 e. The highest BCUT2D eigenvalue weighted by Crippen LogP contribution is 2.49. The van der Waals surface area contributed by atoms with Crippen molar-refractivity contribution in [3.63, 3.8) is 0 Å². The van der Waals surface area contributed by atoms with Gasteiger partial charge in [0.15, 0.2) is 0 Å². The molecule has 2 aliphatic rings. The zero-order chi connectivity index (χ0) is 13.4. The van der Waals surface area contributed by atoms with Gasteiger partial charge < -0.3 is 5.32 Å². The molecule has 0 unspecified atom stereocenters. The molecule has 1 aromatic heterocycles. The maximum atomic E-state index is 10.6. The molecule has 1 N–H and O–H groups in total. The Morgan fingerprint density at radius 3 is 2.79 bits per heavy atom. The molecule has 2 bridgehead atoms. The van der Waals surface area contributed by atoms with E-state index in [1.165, 1.54) is 37.9 Å². The molecule has 0 aromatic carbocycles. The van der Waals surface area contributed by atoms with Crippen molar-refractivity contribution in [3.05, 3.63) is 28.4 Å². The van der Waals surface area contributed by atoms with Gasteiger partial charge in [-0.1, -0.05) is 6.42 Å². The van der Waals surface area contributed by atoms with E-state index < -0.39 is 4.92 Å². The zero-order valence-electron chi connectivity index (χ0n) is 11.1. The van der Waals surface area contributed by atoms with E-state index in [4.69, 9.17) is 0 Å². The van der Waals surface area contributed by atoms with E-state index in [9.17, 15) is 10.1 Å². The summed E-state index contributed by atoms with van der Waals surface area (Å²) in [5, 5.41) is 14.0. The van der Waals surface area contributed by atoms with Gasteiger partial charge in [-0.05, 0) is 50.0 Å². The topological polar surface area (TPSA) is 68.1 Å². The standard InChI is InChI=1S/C14H19N3O2/c1-9(13-7-10-2-3-11(13)6-10)16-14-5-4-12(8-15-14)17(18)19/h4-5,8-11,13H,2-3,6-7H2,1H3,(H,15,16)/t9-,10+,11+,13-/m1/s1. The third-order valence-electron chi connectivity index (χ3n) is 4.77. The molecule has 5 nitrogen and oxygen atoms in total. The molecule has 2 saturated carbocycles. The summed E-state index contributed by atoms with van der Waals surface area (Å²) in [7, 11) is 0. The predicted octanol–water partition coefficient (Wildman–Crippen LogP) is 3.23. The minimum absolute atomic E-state index is 0.0399. The van der Waals surface area contributed by atoms with E-state index in [1.54, 1.807) is 6.07 Å². The van der Waals surface area contributed by atoms with Gasteiger partial charge >= 0.3 is 0 Å². The summed E-state index contributed by atoms with van der Waals surface area (Å²) in [6, 6.07) is 3.59. The molecule has 4 atom stereocenters. The predicted molar refractivity (Wildman–Crippen MR) is 72.9 cm³/mol. The number of hydrogen-bond donors (Lipinski definition) is 1. The lowest BCUT2D eigenvalue weighted by Crippen LogP contribution is -2.30. The maximum absolute atomic E-state index is 10.6. The molecule has 5 heteroatoms. The summed E-state index contributed by atoms with van der Waals surface area (Å²) in [6.45, 7) is 2.20. The SMILES string of the molecule is C[C@@H](Nc1ccc([N+](=O)[O-])cn1)[C@H]1C[C@H]2CC[C@H]1C2. The quantitative estimate of drug-likeness (QED) is 0.667. The van der Waals surface area contributed by atoms with E-state index in [2.05, 4.69) is 17.2 Å². The molecule has 0 amide bonds. The van der Waals surface area contributed by atoms with Gasteiger partial charge in [0.05, 0.1) is 4.92 Å². The number of nitrogens with one attached hydrogen (secondary N) is 1. The van der Waals surface area contributed by atoms with Crippen molar-refractivity contribution in [1.82, 2.24) is 4.98 Å². The van der Waals surface area contributed by atoms with E-state index in [0.717, 1.165) is 23.6 Å². The normalized spacial score (nSPS) is 30.3. The molecule has 1 aromatic rings. The Morgan fingerprint density at radius 2 is 2.26 bits per heavy atom. The first-order valence-corrected chi connectivity index (χ1v) is 7.00. The Bertz CT molecular complexity index is 474. The third-order valence-corrected chi connectivity index (χ3v) is 4.77. The van der Waals surface area contributed by atoms with Crippen LogP contribution in [0.5, 0.6) is 0 Å². The second-order valence-electron chi connectivity index (χ2n) is 5.93. The van der Waals surface area contributed by atoms with Crippen molar-refractivity contribution < 1.29 is 4.92 Å². The van der Waals surface area contributed by atoms with Gasteiger partial charge in [0.25, 0.3) is 5.69 Å². The van der Waals surface area contributed by atoms with Crippen LogP contribution in [-0.4, -0.2) is 15.9 Å². The number of rotatable bonds is 4. The number of nitrogens with zero attached hydrogens (tertiary/aromatic N) is 2. The second-order valence-corrected chi connectivity index (χ2v) is 5.93. The number of hydrogen-bond acceptors (Lipinski definition) is 4. The van der Waals surface area contributed by atoms with Crippen LogP contribution in [0.1, 0.15) is 32.6 Å². The highest BCUT2D eigenvalue weighted by molar-refractivity contribution is 5.41. The van der Waals surface area contributed by atoms with Gasteiger partial charge in [-0.25, -0.2) is 4.98 Å². The third kappa shape index (κ3) is 2.41. The number of pyridine rings is 1. The molecule has 102 valence electrons. The van der Waals surface area contributed by atoms with Crippen LogP contribution in [0.3, 0.4) is 0 Å². The van der Waals surface area contributed by atoms with E-state index in [0.29, 0.717) is 6.04 Å². The molecule has 2 fully saturated rings. The van der Waals surface area contributed by atoms with E-state index >= 15 is 0 Å². The van der Waals surface area contributed by atoms with Crippen LogP contribution >= 0.6 is 0 Å². The highest BCUT2D eigenvalue weighted by atomic mass is 16.6. The van der Waals surface area contributed by atoms with Gasteiger partial charge in [-0.3, -0.25) is 10.1 Å². The molecule has 1 heterocycles. The Hall–Kier alpha value is -1.65. The number of anilines is 1. The fourth-order valence-corrected chi connectivity index (χ4v) is 3.83. The van der Waals surface area contributed by atoms with Gasteiger partial charge in [0.1, 0.15) is 12.0 Å². The average molecular weight is 261 g/mol. The van der Waals surface area contributed by atoms with E-state index in [-0.39, 0.29) is 5.69 Å². The largest absolute Gasteiger partial charge is 0.367 e. The molecular weight excluding hydrogens is 242 g/mol. The highest BCUT2D eigenvalue weighted by Gasteiger charge is 2.41. The number of aromatic nitrogens is 1. The van der Waals surface area contributed by atoms with Crippen LogP contribution in [0.4, 0.5) is 11.5 Å². The first-order chi connectivity index (χ1) is 9.13. The maximum Gasteiger partial charge on any atom is 0.287 e. The molecule has 0 saturated heterocycles. The lowest BCUT2D eigenvalue weighted by atomic mass is 9.84. The van der Waals surface area contributed by atoms with Crippen molar-refractivity contribution in [2.75, 3.05) is 5.32 Å². The Labute approximate surface area is 112 Å². The molecule has 19 heavy (non-hydrogen) atoms. The van der Waals surface area contributed by atoms with Crippen LogP contribution in [0.25, 0.3) is 0 Å². The van der Waals surface area contributed by atoms with E-state index in [1.807, 2.05) is 0 Å². The van der Waals surface area contributed by atoms with Crippen LogP contribution < -0.4 is 5.32 Å². The van der Waals surface area contributed by atoms with Gasteiger partial charge in [-0.15, -0.1) is 0 Å². The van der Waals surface area contributed by atoms with Crippen LogP contribution in [0.2, 0.25) is 0 Å². The summed E-state index contributed by atoms with van der Waals surface area (Å²) in [5.41, 5.74) is 0.0399. The van der Waals surface area contributed by atoms with Crippen LogP contribution in [0.15, 0.2) is 18.3 Å². The Balaban J connectivity index is 1.63. The van der Waals surface area contributed by atoms with Gasteiger partial charge in [-0.2, -0.15) is 0 Å². The Kier molecular flexibility index (Phi) is 3.12. The van der Waals surface area contributed by atoms with Crippen molar-refractivity contribution in [2.24, 2.45) is 17.8 Å². The minimum Gasteiger partial charge on any atom is -0.367 e. The zero-order valence-corrected chi connectivity index (χ0v) is 11.1. The molecular formula is C14H19N3O2. The second kappa shape index (κ2) is 4.79. The van der Waals surface area contributed by atoms with Crippen molar-refractivity contribution in [2.45, 2.75) is 38.6 Å². The fourth-order valence-electron chi connectivity index (χ4n) is 3.83. The van der Waals surface area contributed by atoms with Crippen LogP contribution in [-0.2, 0) is 0 Å². The summed E-state index contributed by atoms with van der Waals surface area (Å²) in [4.78, 5) is 14.3. The van der Waals surface area contributed by atoms with Crippen molar-refractivity contribution in [3.8, 4) is 0 Å². The summed E-state index contributed by atoms with van der Waals surface area (Å²) >= 11 is 0. The van der Waals surface area contributed by atoms with Crippen LogP contribution in [0, 0.1) is 27.9 Å². The lowest BCUT2D eigenvalue weighted by molar-refractivity contribution is -0.385. The Morgan fingerprint density at radius 1 is 1.42 bits per heavy atom. The number of nitro groups is 1. The van der Waals surface area contributed by atoms with Gasteiger partial charge in [0.2, 0.25) is 0 Å². The number of fused-ring (bicyclic) bond motifs is 2. The summed E-state index contributed by atoms with van der Waals surface area (Å²) in [5.74, 6) is 3.27. The first-order valence-electron chi connectivity index (χ1n) is 7.00. The average Bonchev–Trinajstić information content (AvgIpc) is 3.01. The molecule has 2 aliphatic carbocycles. The first kappa shape index (κ1) is 12.4.